The molecule has 9 nitrogen and oxygen atoms in total. The molecule has 0 bridgehead atoms. The molecule has 0 saturated carbocycles. The zero-order valence-corrected chi connectivity index (χ0v) is 17.5. The summed E-state index contributed by atoms with van der Waals surface area (Å²) in [6.07, 6.45) is 1.88. The van der Waals surface area contributed by atoms with Crippen LogP contribution in [0.25, 0.3) is 11.0 Å². The number of benzene rings is 2. The molecule has 1 amide bonds. The largest absolute Gasteiger partial charge is 0.454 e. The van der Waals surface area contributed by atoms with Gasteiger partial charge in [-0.1, -0.05) is 6.07 Å². The van der Waals surface area contributed by atoms with Crippen LogP contribution in [0, 0.1) is 0 Å². The van der Waals surface area contributed by atoms with E-state index in [2.05, 4.69) is 10.3 Å². The molecule has 1 aliphatic heterocycles. The van der Waals surface area contributed by atoms with Gasteiger partial charge in [0, 0.05) is 33.6 Å². The monoisotopic (exact) mass is 430 g/mol. The smallest absolute Gasteiger partial charge is 0.242 e. The summed E-state index contributed by atoms with van der Waals surface area (Å²) in [6.45, 7) is 1.04. The molecule has 158 valence electrons. The van der Waals surface area contributed by atoms with Gasteiger partial charge in [0.2, 0.25) is 22.7 Å². The van der Waals surface area contributed by atoms with E-state index in [1.54, 1.807) is 24.5 Å². The maximum absolute atomic E-state index is 12.3. The Balaban J connectivity index is 1.37. The van der Waals surface area contributed by atoms with Gasteiger partial charge in [-0.05, 0) is 35.9 Å². The zero-order valence-electron chi connectivity index (χ0n) is 16.7. The number of carbonyl (C=O) groups is 1. The number of rotatable bonds is 7. The van der Waals surface area contributed by atoms with Crippen LogP contribution in [-0.4, -0.2) is 49.1 Å². The molecule has 2 aromatic carbocycles. The first kappa shape index (κ1) is 20.2. The van der Waals surface area contributed by atoms with Gasteiger partial charge >= 0.3 is 0 Å². The molecule has 10 heteroatoms. The van der Waals surface area contributed by atoms with Crippen molar-refractivity contribution >= 4 is 27.0 Å². The second-order valence-electron chi connectivity index (χ2n) is 7.09. The number of nitrogens with one attached hydrogen (secondary N) is 1. The molecule has 0 spiro atoms. The summed E-state index contributed by atoms with van der Waals surface area (Å²) in [5, 5.41) is 2.89. The van der Waals surface area contributed by atoms with Crippen molar-refractivity contribution in [2.75, 3.05) is 20.9 Å². The van der Waals surface area contributed by atoms with E-state index in [0.717, 1.165) is 15.4 Å². The summed E-state index contributed by atoms with van der Waals surface area (Å²) >= 11 is 0. The molecule has 4 rings (SSSR count). The second-order valence-corrected chi connectivity index (χ2v) is 9.24. The van der Waals surface area contributed by atoms with Crippen LogP contribution in [0.15, 0.2) is 47.6 Å². The van der Waals surface area contributed by atoms with Crippen LogP contribution in [0.1, 0.15) is 12.0 Å². The lowest BCUT2D eigenvalue weighted by Gasteiger charge is -2.11. The maximum Gasteiger partial charge on any atom is 0.242 e. The lowest BCUT2D eigenvalue weighted by molar-refractivity contribution is -0.121. The molecule has 0 fully saturated rings. The van der Waals surface area contributed by atoms with Gasteiger partial charge < -0.3 is 19.4 Å². The summed E-state index contributed by atoms with van der Waals surface area (Å²) in [5.41, 5.74) is 2.27. The number of imidazole rings is 1. The Morgan fingerprint density at radius 1 is 1.17 bits per heavy atom. The van der Waals surface area contributed by atoms with E-state index in [1.165, 1.54) is 14.1 Å². The summed E-state index contributed by atoms with van der Waals surface area (Å²) in [7, 11) is -0.546. The standard InChI is InChI=1S/C20H22N4O5S/c1-23(2)30(26,27)15-4-5-17-16(10-15)22-12-24(17)8-7-20(25)21-11-14-3-6-18-19(9-14)29-13-28-18/h3-6,9-10,12H,7-8,11,13H2,1-2H3,(H,21,25). The quantitative estimate of drug-likeness (QED) is 0.612. The van der Waals surface area contributed by atoms with Gasteiger partial charge in [0.05, 0.1) is 22.3 Å². The lowest BCUT2D eigenvalue weighted by atomic mass is 10.2. The van der Waals surface area contributed by atoms with Gasteiger partial charge in [0.25, 0.3) is 0 Å². The van der Waals surface area contributed by atoms with Crippen molar-refractivity contribution in [1.29, 1.82) is 0 Å². The molecule has 0 saturated heterocycles. The first-order chi connectivity index (χ1) is 14.3. The van der Waals surface area contributed by atoms with E-state index in [0.29, 0.717) is 30.1 Å². The predicted octanol–water partition coefficient (Wildman–Crippen LogP) is 1.72. The molecule has 3 aromatic rings. The van der Waals surface area contributed by atoms with Crippen molar-refractivity contribution in [3.05, 3.63) is 48.3 Å². The van der Waals surface area contributed by atoms with E-state index in [-0.39, 0.29) is 24.0 Å². The van der Waals surface area contributed by atoms with Gasteiger partial charge in [0.15, 0.2) is 11.5 Å². The number of hydrogen-bond donors (Lipinski definition) is 1. The third kappa shape index (κ3) is 3.96. The Labute approximate surface area is 174 Å². The van der Waals surface area contributed by atoms with Gasteiger partial charge in [-0.15, -0.1) is 0 Å². The maximum atomic E-state index is 12.3. The molecule has 0 atom stereocenters. The van der Waals surface area contributed by atoms with Crippen LogP contribution >= 0.6 is 0 Å². The number of hydrogen-bond acceptors (Lipinski definition) is 6. The van der Waals surface area contributed by atoms with Crippen LogP contribution in [0.5, 0.6) is 11.5 Å². The van der Waals surface area contributed by atoms with Gasteiger partial charge in [-0.25, -0.2) is 17.7 Å². The molecule has 1 N–H and O–H groups in total. The zero-order chi connectivity index (χ0) is 21.3. The van der Waals surface area contributed by atoms with E-state index in [4.69, 9.17) is 9.47 Å². The normalized spacial score (nSPS) is 13.2. The summed E-state index contributed by atoms with van der Waals surface area (Å²) in [5.74, 6) is 1.29. The molecular formula is C20H22N4O5S. The molecule has 0 radical (unpaired) electrons. The highest BCUT2D eigenvalue weighted by Gasteiger charge is 2.18. The number of nitrogens with zero attached hydrogens (tertiary/aromatic N) is 3. The number of sulfonamides is 1. The number of carbonyl (C=O) groups excluding carboxylic acids is 1. The Morgan fingerprint density at radius 3 is 2.77 bits per heavy atom. The average molecular weight is 430 g/mol. The van der Waals surface area contributed by atoms with Crippen LogP contribution in [0.2, 0.25) is 0 Å². The number of amides is 1. The SMILES string of the molecule is CN(C)S(=O)(=O)c1ccc2c(c1)ncn2CCC(=O)NCc1ccc2c(c1)OCO2. The van der Waals surface area contributed by atoms with Crippen LogP contribution in [0.3, 0.4) is 0 Å². The number of aryl methyl sites for hydroxylation is 1. The first-order valence-corrected chi connectivity index (χ1v) is 10.8. The van der Waals surface area contributed by atoms with E-state index < -0.39 is 10.0 Å². The average Bonchev–Trinajstić information content (AvgIpc) is 3.36. The Kier molecular flexibility index (Phi) is 5.35. The summed E-state index contributed by atoms with van der Waals surface area (Å²) < 4.78 is 38.2. The molecule has 2 heterocycles. The van der Waals surface area contributed by atoms with Crippen molar-refractivity contribution < 1.29 is 22.7 Å². The Bertz CT molecular complexity index is 1200. The number of fused-ring (bicyclic) bond motifs is 2. The van der Waals surface area contributed by atoms with Crippen molar-refractivity contribution in [2.24, 2.45) is 0 Å². The summed E-state index contributed by atoms with van der Waals surface area (Å²) in [4.78, 5) is 16.7. The fourth-order valence-corrected chi connectivity index (χ4v) is 4.08. The Hall–Kier alpha value is -3.11. The lowest BCUT2D eigenvalue weighted by Crippen LogP contribution is -2.23. The van der Waals surface area contributed by atoms with Crippen molar-refractivity contribution in [3.8, 4) is 11.5 Å². The number of ether oxygens (including phenoxy) is 2. The third-order valence-corrected chi connectivity index (χ3v) is 6.69. The van der Waals surface area contributed by atoms with E-state index in [9.17, 15) is 13.2 Å². The highest BCUT2D eigenvalue weighted by Crippen LogP contribution is 2.32. The molecule has 30 heavy (non-hydrogen) atoms. The Morgan fingerprint density at radius 2 is 1.97 bits per heavy atom. The topological polar surface area (TPSA) is 103 Å². The van der Waals surface area contributed by atoms with Gasteiger partial charge in [-0.2, -0.15) is 0 Å². The third-order valence-electron chi connectivity index (χ3n) is 4.88. The van der Waals surface area contributed by atoms with Gasteiger partial charge in [0.1, 0.15) is 0 Å². The van der Waals surface area contributed by atoms with E-state index >= 15 is 0 Å². The fourth-order valence-electron chi connectivity index (χ4n) is 3.16. The highest BCUT2D eigenvalue weighted by molar-refractivity contribution is 7.89. The molecular weight excluding hydrogens is 408 g/mol. The predicted molar refractivity (Wildman–Crippen MR) is 110 cm³/mol. The minimum Gasteiger partial charge on any atom is -0.454 e. The molecule has 1 aromatic heterocycles. The molecule has 0 aliphatic carbocycles. The van der Waals surface area contributed by atoms with Crippen LogP contribution in [0.4, 0.5) is 0 Å². The second kappa shape index (κ2) is 7.96. The first-order valence-electron chi connectivity index (χ1n) is 9.37. The van der Waals surface area contributed by atoms with Crippen LogP contribution in [-0.2, 0) is 27.9 Å². The van der Waals surface area contributed by atoms with Crippen molar-refractivity contribution in [2.45, 2.75) is 24.4 Å². The minimum atomic E-state index is -3.52. The fraction of sp³-hybridized carbons (Fsp3) is 0.300. The molecule has 0 unspecified atom stereocenters. The van der Waals surface area contributed by atoms with Gasteiger partial charge in [-0.3, -0.25) is 4.79 Å². The van der Waals surface area contributed by atoms with E-state index in [1.807, 2.05) is 22.8 Å². The van der Waals surface area contributed by atoms with Crippen LogP contribution < -0.4 is 14.8 Å². The summed E-state index contributed by atoms with van der Waals surface area (Å²) in [6, 6.07) is 10.4. The molecule has 1 aliphatic rings. The van der Waals surface area contributed by atoms with Crippen molar-refractivity contribution in [1.82, 2.24) is 19.2 Å². The number of aromatic nitrogens is 2. The van der Waals surface area contributed by atoms with Crippen molar-refractivity contribution in [3.63, 3.8) is 0 Å². The highest BCUT2D eigenvalue weighted by atomic mass is 32.2. The minimum absolute atomic E-state index is 0.0960.